The quantitative estimate of drug-likeness (QED) is 0.809. The fourth-order valence-corrected chi connectivity index (χ4v) is 3.17. The summed E-state index contributed by atoms with van der Waals surface area (Å²) in [5.74, 6) is 0.270. The van der Waals surface area contributed by atoms with Crippen molar-refractivity contribution in [1.29, 1.82) is 0 Å². The summed E-state index contributed by atoms with van der Waals surface area (Å²) in [6.45, 7) is 6.38. The van der Waals surface area contributed by atoms with Gasteiger partial charge >= 0.3 is 0 Å². The maximum Gasteiger partial charge on any atom is 0.217 e. The topological polar surface area (TPSA) is 75.6 Å². The zero-order valence-corrected chi connectivity index (χ0v) is 12.1. The minimum Gasteiger partial charge on any atom is -0.484 e. The predicted molar refractivity (Wildman–Crippen MR) is 71.6 cm³/mol. The van der Waals surface area contributed by atoms with Gasteiger partial charge in [0.15, 0.2) is 5.78 Å². The van der Waals surface area contributed by atoms with Gasteiger partial charge in [0.25, 0.3) is 0 Å². The van der Waals surface area contributed by atoms with Crippen LogP contribution in [0.5, 0.6) is 5.75 Å². The smallest absolute Gasteiger partial charge is 0.217 e. The van der Waals surface area contributed by atoms with Gasteiger partial charge in [-0.2, -0.15) is 0 Å². The summed E-state index contributed by atoms with van der Waals surface area (Å²) < 4.78 is 5.73. The molecule has 2 heterocycles. The number of nitrogens with one attached hydrogen (secondary N) is 1. The number of thiophene rings is 1. The van der Waals surface area contributed by atoms with E-state index in [1.807, 2.05) is 0 Å². The molecule has 0 fully saturated rings. The molecule has 5 nitrogen and oxygen atoms in total. The summed E-state index contributed by atoms with van der Waals surface area (Å²) in [5.41, 5.74) is -0.824. The highest BCUT2D eigenvalue weighted by molar-refractivity contribution is 7.14. The Morgan fingerprint density at radius 2 is 2.05 bits per heavy atom. The van der Waals surface area contributed by atoms with Crippen LogP contribution in [0.1, 0.15) is 48.3 Å². The first-order chi connectivity index (χ1) is 8.72. The maximum atomic E-state index is 11.4. The van der Waals surface area contributed by atoms with Gasteiger partial charge in [-0.25, -0.2) is 0 Å². The van der Waals surface area contributed by atoms with Gasteiger partial charge in [-0.1, -0.05) is 0 Å². The Bertz CT molecular complexity index is 535. The first kappa shape index (κ1) is 14.0. The summed E-state index contributed by atoms with van der Waals surface area (Å²) in [6.07, 6.45) is -0.873. The van der Waals surface area contributed by atoms with Crippen LogP contribution in [0.4, 0.5) is 0 Å². The highest BCUT2D eigenvalue weighted by Gasteiger charge is 2.44. The van der Waals surface area contributed by atoms with Gasteiger partial charge in [0.1, 0.15) is 17.5 Å². The maximum absolute atomic E-state index is 11.4. The van der Waals surface area contributed by atoms with Gasteiger partial charge in [0, 0.05) is 13.0 Å². The van der Waals surface area contributed by atoms with Crippen LogP contribution in [0, 0.1) is 0 Å². The molecule has 0 saturated heterocycles. The SMILES string of the molecule is CC(=O)NC1c2sc(C(C)=O)cc2OC(C)(C)C1O. The van der Waals surface area contributed by atoms with E-state index in [2.05, 4.69) is 5.32 Å². The van der Waals surface area contributed by atoms with Crippen molar-refractivity contribution in [2.75, 3.05) is 0 Å². The van der Waals surface area contributed by atoms with Gasteiger partial charge < -0.3 is 15.2 Å². The second-order valence-electron chi connectivity index (χ2n) is 5.22. The average molecular weight is 283 g/mol. The Morgan fingerprint density at radius 3 is 2.58 bits per heavy atom. The standard InChI is InChI=1S/C13H17NO4S/c1-6(15)9-5-8-11(19-9)10(14-7(2)16)12(17)13(3,4)18-8/h5,10,12,17H,1-4H3,(H,14,16). The molecule has 104 valence electrons. The molecule has 2 rings (SSSR count). The molecule has 1 aliphatic heterocycles. The lowest BCUT2D eigenvalue weighted by Gasteiger charge is -2.40. The lowest BCUT2D eigenvalue weighted by Crippen LogP contribution is -2.52. The van der Waals surface area contributed by atoms with Crippen LogP contribution in [0.15, 0.2) is 6.07 Å². The Hall–Kier alpha value is -1.40. The number of amides is 1. The van der Waals surface area contributed by atoms with E-state index in [4.69, 9.17) is 4.74 Å². The molecule has 0 aliphatic carbocycles. The second kappa shape index (κ2) is 4.61. The monoisotopic (exact) mass is 283 g/mol. The van der Waals surface area contributed by atoms with E-state index in [9.17, 15) is 14.7 Å². The molecule has 2 N–H and O–H groups in total. The molecule has 0 spiro atoms. The van der Waals surface area contributed by atoms with E-state index in [1.54, 1.807) is 19.9 Å². The Labute approximate surface area is 115 Å². The van der Waals surface area contributed by atoms with Gasteiger partial charge in [-0.15, -0.1) is 11.3 Å². The Balaban J connectivity index is 2.48. The van der Waals surface area contributed by atoms with E-state index in [0.29, 0.717) is 15.5 Å². The molecular weight excluding hydrogens is 266 g/mol. The van der Waals surface area contributed by atoms with Crippen molar-refractivity contribution in [3.05, 3.63) is 15.8 Å². The number of hydrogen-bond donors (Lipinski definition) is 2. The van der Waals surface area contributed by atoms with Crippen LogP contribution in [-0.2, 0) is 4.79 Å². The average Bonchev–Trinajstić information content (AvgIpc) is 2.67. The molecule has 1 aromatic heterocycles. The van der Waals surface area contributed by atoms with Crippen molar-refractivity contribution >= 4 is 23.0 Å². The summed E-state index contributed by atoms with van der Waals surface area (Å²) in [7, 11) is 0. The van der Waals surface area contributed by atoms with Crippen LogP contribution in [0.25, 0.3) is 0 Å². The third-order valence-electron chi connectivity index (χ3n) is 3.11. The van der Waals surface area contributed by atoms with E-state index >= 15 is 0 Å². The van der Waals surface area contributed by atoms with E-state index in [0.717, 1.165) is 0 Å². The van der Waals surface area contributed by atoms with E-state index in [-0.39, 0.29) is 11.7 Å². The van der Waals surface area contributed by atoms with Gasteiger partial charge in [0.05, 0.1) is 15.8 Å². The first-order valence-corrected chi connectivity index (χ1v) is 6.83. The molecular formula is C13H17NO4S. The van der Waals surface area contributed by atoms with Gasteiger partial charge in [-0.3, -0.25) is 9.59 Å². The molecule has 0 aromatic carbocycles. The number of fused-ring (bicyclic) bond motifs is 1. The second-order valence-corrected chi connectivity index (χ2v) is 6.31. The lowest BCUT2D eigenvalue weighted by molar-refractivity contribution is -0.123. The molecule has 2 unspecified atom stereocenters. The van der Waals surface area contributed by atoms with Gasteiger partial charge in [0.2, 0.25) is 5.91 Å². The van der Waals surface area contributed by atoms with Crippen LogP contribution in [0.3, 0.4) is 0 Å². The van der Waals surface area contributed by atoms with E-state index < -0.39 is 17.7 Å². The molecule has 0 bridgehead atoms. The van der Waals surface area contributed by atoms with Crippen LogP contribution in [-0.4, -0.2) is 28.5 Å². The van der Waals surface area contributed by atoms with Crippen molar-refractivity contribution in [3.63, 3.8) is 0 Å². The number of ether oxygens (including phenoxy) is 1. The van der Waals surface area contributed by atoms with Crippen molar-refractivity contribution in [2.45, 2.75) is 45.4 Å². The molecule has 19 heavy (non-hydrogen) atoms. The number of aliphatic hydroxyl groups excluding tert-OH is 1. The summed E-state index contributed by atoms with van der Waals surface area (Å²) in [6, 6.07) is 1.12. The van der Waals surface area contributed by atoms with Crippen LogP contribution in [0.2, 0.25) is 0 Å². The number of ketones is 1. The van der Waals surface area contributed by atoms with E-state index in [1.165, 1.54) is 25.2 Å². The number of hydrogen-bond acceptors (Lipinski definition) is 5. The Morgan fingerprint density at radius 1 is 1.42 bits per heavy atom. The number of carbonyl (C=O) groups is 2. The fraction of sp³-hybridized carbons (Fsp3) is 0.538. The first-order valence-electron chi connectivity index (χ1n) is 6.01. The minimum absolute atomic E-state index is 0.0585. The molecule has 0 saturated carbocycles. The third-order valence-corrected chi connectivity index (χ3v) is 4.41. The summed E-state index contributed by atoms with van der Waals surface area (Å²) in [5, 5.41) is 13.0. The highest BCUT2D eigenvalue weighted by Crippen LogP contribution is 2.44. The number of rotatable bonds is 2. The summed E-state index contributed by atoms with van der Waals surface area (Å²) >= 11 is 1.25. The molecule has 1 aliphatic rings. The third kappa shape index (κ3) is 2.50. The normalized spacial score (nSPS) is 24.3. The van der Waals surface area contributed by atoms with Crippen molar-refractivity contribution in [1.82, 2.24) is 5.32 Å². The molecule has 0 radical (unpaired) electrons. The molecule has 6 heteroatoms. The zero-order chi connectivity index (χ0) is 14.4. The van der Waals surface area contributed by atoms with Gasteiger partial charge in [-0.05, 0) is 20.8 Å². The number of aliphatic hydroxyl groups is 1. The highest BCUT2D eigenvalue weighted by atomic mass is 32.1. The summed E-state index contributed by atoms with van der Waals surface area (Å²) in [4.78, 5) is 24.0. The Kier molecular flexibility index (Phi) is 3.40. The van der Waals surface area contributed by atoms with Crippen LogP contribution >= 0.6 is 11.3 Å². The lowest BCUT2D eigenvalue weighted by atomic mass is 9.90. The van der Waals surface area contributed by atoms with Crippen molar-refractivity contribution in [2.24, 2.45) is 0 Å². The molecule has 2 atom stereocenters. The molecule has 1 amide bonds. The fourth-order valence-electron chi connectivity index (χ4n) is 2.11. The van der Waals surface area contributed by atoms with Crippen LogP contribution < -0.4 is 10.1 Å². The number of carbonyl (C=O) groups excluding carboxylic acids is 2. The van der Waals surface area contributed by atoms with Crippen molar-refractivity contribution < 1.29 is 19.4 Å². The van der Waals surface area contributed by atoms with Crippen molar-refractivity contribution in [3.8, 4) is 5.75 Å². The number of Topliss-reactive ketones (excluding diaryl/α,β-unsaturated/α-hetero) is 1. The zero-order valence-electron chi connectivity index (χ0n) is 11.3. The molecule has 1 aromatic rings. The predicted octanol–water partition coefficient (Wildman–Crippen LogP) is 1.66. The minimum atomic E-state index is -0.873. The largest absolute Gasteiger partial charge is 0.484 e.